The lowest BCUT2D eigenvalue weighted by atomic mass is 10.1. The molecule has 0 bridgehead atoms. The number of hydrogen-bond donors (Lipinski definition) is 0. The van der Waals surface area contributed by atoms with Gasteiger partial charge in [0.25, 0.3) is 0 Å². The van der Waals surface area contributed by atoms with Crippen molar-refractivity contribution in [2.75, 3.05) is 6.26 Å². The zero-order chi connectivity index (χ0) is 10.9. The molecule has 0 aromatic heterocycles. The molecule has 0 aliphatic heterocycles. The summed E-state index contributed by atoms with van der Waals surface area (Å²) in [6.07, 6.45) is 1.01. The van der Waals surface area contributed by atoms with E-state index in [9.17, 15) is 8.42 Å². The molecule has 0 unspecified atom stereocenters. The van der Waals surface area contributed by atoms with E-state index in [4.69, 9.17) is 4.18 Å². The van der Waals surface area contributed by atoms with Crippen molar-refractivity contribution in [1.82, 2.24) is 0 Å². The van der Waals surface area contributed by atoms with Gasteiger partial charge in [0.15, 0.2) is 5.75 Å². The Morgan fingerprint density at radius 1 is 1.13 bits per heavy atom. The number of benzene rings is 2. The van der Waals surface area contributed by atoms with E-state index in [1.165, 1.54) is 0 Å². The second-order valence-electron chi connectivity index (χ2n) is 3.20. The Hall–Kier alpha value is -1.55. The number of rotatable bonds is 2. The number of hydrogen-bond acceptors (Lipinski definition) is 3. The van der Waals surface area contributed by atoms with Crippen LogP contribution in [-0.4, -0.2) is 14.7 Å². The van der Waals surface area contributed by atoms with Crippen LogP contribution in [0.5, 0.6) is 5.75 Å². The molecule has 0 saturated heterocycles. The van der Waals surface area contributed by atoms with Gasteiger partial charge in [0, 0.05) is 6.07 Å². The largest absolute Gasteiger partial charge is 0.382 e. The van der Waals surface area contributed by atoms with Gasteiger partial charge in [0.1, 0.15) is 0 Å². The van der Waals surface area contributed by atoms with Crippen molar-refractivity contribution < 1.29 is 12.6 Å². The molecule has 0 saturated carbocycles. The van der Waals surface area contributed by atoms with Crippen molar-refractivity contribution in [3.8, 4) is 5.75 Å². The van der Waals surface area contributed by atoms with Crippen LogP contribution in [0, 0.1) is 6.07 Å². The van der Waals surface area contributed by atoms with Crippen molar-refractivity contribution in [2.45, 2.75) is 0 Å². The molecule has 77 valence electrons. The van der Waals surface area contributed by atoms with Gasteiger partial charge in [-0.3, -0.25) is 0 Å². The summed E-state index contributed by atoms with van der Waals surface area (Å²) in [6.45, 7) is 0. The SMILES string of the molecule is CS(=O)(=O)Oc1[c]c2ccccc2cc1. The van der Waals surface area contributed by atoms with Gasteiger partial charge in [-0.1, -0.05) is 30.3 Å². The Morgan fingerprint density at radius 2 is 1.87 bits per heavy atom. The molecule has 0 aliphatic carbocycles. The van der Waals surface area contributed by atoms with Crippen LogP contribution in [0.25, 0.3) is 10.8 Å². The first-order chi connectivity index (χ1) is 7.04. The van der Waals surface area contributed by atoms with Crippen molar-refractivity contribution in [3.63, 3.8) is 0 Å². The highest BCUT2D eigenvalue weighted by Gasteiger charge is 2.04. The summed E-state index contributed by atoms with van der Waals surface area (Å²) in [5.74, 6) is 0.219. The minimum Gasteiger partial charge on any atom is -0.382 e. The van der Waals surface area contributed by atoms with Crippen LogP contribution < -0.4 is 4.18 Å². The molecule has 0 N–H and O–H groups in total. The van der Waals surface area contributed by atoms with Crippen molar-refractivity contribution >= 4 is 20.9 Å². The first-order valence-corrected chi connectivity index (χ1v) is 6.17. The van der Waals surface area contributed by atoms with E-state index in [0.717, 1.165) is 17.0 Å². The third kappa shape index (κ3) is 2.47. The van der Waals surface area contributed by atoms with E-state index in [2.05, 4.69) is 6.07 Å². The van der Waals surface area contributed by atoms with Crippen LogP contribution in [0.4, 0.5) is 0 Å². The lowest BCUT2D eigenvalue weighted by Crippen LogP contribution is -2.05. The number of fused-ring (bicyclic) bond motifs is 1. The highest BCUT2D eigenvalue weighted by molar-refractivity contribution is 7.86. The van der Waals surface area contributed by atoms with E-state index >= 15 is 0 Å². The van der Waals surface area contributed by atoms with E-state index in [1.54, 1.807) is 12.1 Å². The fourth-order valence-corrected chi connectivity index (χ4v) is 1.73. The average Bonchev–Trinajstić information content (AvgIpc) is 2.15. The second-order valence-corrected chi connectivity index (χ2v) is 4.77. The van der Waals surface area contributed by atoms with E-state index in [1.807, 2.05) is 24.3 Å². The fourth-order valence-electron chi connectivity index (χ4n) is 1.31. The fraction of sp³-hybridized carbons (Fsp3) is 0.0909. The monoisotopic (exact) mass is 221 g/mol. The smallest absolute Gasteiger partial charge is 0.306 e. The molecule has 0 atom stereocenters. The van der Waals surface area contributed by atoms with Gasteiger partial charge in [-0.25, -0.2) is 0 Å². The van der Waals surface area contributed by atoms with Gasteiger partial charge in [-0.2, -0.15) is 8.42 Å². The zero-order valence-corrected chi connectivity index (χ0v) is 8.91. The highest BCUT2D eigenvalue weighted by atomic mass is 32.2. The summed E-state index contributed by atoms with van der Waals surface area (Å²) in [5, 5.41) is 1.83. The standard InChI is InChI=1S/C11H9O3S/c1-15(12,13)14-11-7-6-9-4-2-3-5-10(9)8-11/h2-7H,1H3. The molecule has 4 heteroatoms. The third-order valence-electron chi connectivity index (χ3n) is 1.87. The average molecular weight is 221 g/mol. The van der Waals surface area contributed by atoms with Crippen molar-refractivity contribution in [1.29, 1.82) is 0 Å². The van der Waals surface area contributed by atoms with E-state index in [-0.39, 0.29) is 5.75 Å². The third-order valence-corrected chi connectivity index (χ3v) is 2.36. The lowest BCUT2D eigenvalue weighted by molar-refractivity contribution is 0.493. The van der Waals surface area contributed by atoms with Crippen LogP contribution in [0.3, 0.4) is 0 Å². The van der Waals surface area contributed by atoms with E-state index in [0.29, 0.717) is 0 Å². The Balaban J connectivity index is 2.48. The molecular weight excluding hydrogens is 212 g/mol. The predicted octanol–water partition coefficient (Wildman–Crippen LogP) is 1.98. The minimum absolute atomic E-state index is 0.219. The summed E-state index contributed by atoms with van der Waals surface area (Å²) in [4.78, 5) is 0. The topological polar surface area (TPSA) is 43.4 Å². The van der Waals surface area contributed by atoms with Gasteiger partial charge >= 0.3 is 10.1 Å². The summed E-state index contributed by atoms with van der Waals surface area (Å²) in [5.41, 5.74) is 0. The lowest BCUT2D eigenvalue weighted by Gasteiger charge is -2.03. The van der Waals surface area contributed by atoms with Crippen molar-refractivity contribution in [2.24, 2.45) is 0 Å². The first-order valence-electron chi connectivity index (χ1n) is 4.35. The van der Waals surface area contributed by atoms with Gasteiger partial charge in [0.2, 0.25) is 0 Å². The molecular formula is C11H9O3S. The molecule has 0 fully saturated rings. The van der Waals surface area contributed by atoms with Crippen LogP contribution in [-0.2, 0) is 10.1 Å². The molecule has 2 aromatic carbocycles. The Labute approximate surface area is 88.4 Å². The highest BCUT2D eigenvalue weighted by Crippen LogP contribution is 2.20. The summed E-state index contributed by atoms with van der Waals surface area (Å²) in [7, 11) is -3.48. The van der Waals surface area contributed by atoms with Crippen LogP contribution in [0.15, 0.2) is 36.4 Å². The maximum Gasteiger partial charge on any atom is 0.306 e. The maximum absolute atomic E-state index is 10.9. The van der Waals surface area contributed by atoms with Gasteiger partial charge < -0.3 is 4.18 Å². The van der Waals surface area contributed by atoms with Gasteiger partial charge in [-0.15, -0.1) is 0 Å². The van der Waals surface area contributed by atoms with Crippen molar-refractivity contribution in [3.05, 3.63) is 42.5 Å². The molecule has 2 rings (SSSR count). The summed E-state index contributed by atoms with van der Waals surface area (Å²) in [6, 6.07) is 13.8. The van der Waals surface area contributed by atoms with E-state index < -0.39 is 10.1 Å². The minimum atomic E-state index is -3.48. The normalized spacial score (nSPS) is 11.5. The summed E-state index contributed by atoms with van der Waals surface area (Å²) >= 11 is 0. The Morgan fingerprint density at radius 3 is 2.60 bits per heavy atom. The molecule has 0 aliphatic rings. The Kier molecular flexibility index (Phi) is 2.36. The van der Waals surface area contributed by atoms with Crippen LogP contribution in [0.1, 0.15) is 0 Å². The molecule has 1 radical (unpaired) electrons. The van der Waals surface area contributed by atoms with Crippen LogP contribution in [0.2, 0.25) is 0 Å². The second kappa shape index (κ2) is 3.55. The quantitative estimate of drug-likeness (QED) is 0.728. The summed E-state index contributed by atoms with van der Waals surface area (Å²) < 4.78 is 26.5. The molecule has 3 nitrogen and oxygen atoms in total. The van der Waals surface area contributed by atoms with Gasteiger partial charge in [0.05, 0.1) is 6.26 Å². The Bertz CT molecular complexity index is 588. The predicted molar refractivity (Wildman–Crippen MR) is 58.3 cm³/mol. The first kappa shape index (κ1) is 9.98. The van der Waals surface area contributed by atoms with Crippen LogP contribution >= 0.6 is 0 Å². The molecule has 0 spiro atoms. The van der Waals surface area contributed by atoms with Gasteiger partial charge in [-0.05, 0) is 16.8 Å². The molecule has 15 heavy (non-hydrogen) atoms. The molecule has 0 heterocycles. The molecule has 2 aromatic rings. The zero-order valence-electron chi connectivity index (χ0n) is 8.10. The maximum atomic E-state index is 10.9. The molecule has 0 amide bonds.